The van der Waals surface area contributed by atoms with E-state index < -0.39 is 0 Å². The molecule has 158 valence electrons. The standard InChI is InChI=1S/C24H24N4O3/c1-16-21-18(27-28-23(29)19-10-5-6-14-25-19)11-7-12-20(21)31-22(16)24(30)26-15-13-17-8-3-2-4-9-17/h2-6,8-10,14H,7,11-13,15H2,1H3,(H,26,30)(H,28,29)/b27-18+. The summed E-state index contributed by atoms with van der Waals surface area (Å²) in [6.07, 6.45) is 4.58. The predicted octanol–water partition coefficient (Wildman–Crippen LogP) is 3.43. The van der Waals surface area contributed by atoms with Crippen LogP contribution >= 0.6 is 0 Å². The summed E-state index contributed by atoms with van der Waals surface area (Å²) >= 11 is 0. The quantitative estimate of drug-likeness (QED) is 0.602. The number of nitrogens with one attached hydrogen (secondary N) is 2. The number of hydrogen-bond acceptors (Lipinski definition) is 5. The Hall–Kier alpha value is -3.74. The lowest BCUT2D eigenvalue weighted by atomic mass is 9.93. The summed E-state index contributed by atoms with van der Waals surface area (Å²) in [4.78, 5) is 29.0. The van der Waals surface area contributed by atoms with Crippen molar-refractivity contribution in [1.29, 1.82) is 0 Å². The summed E-state index contributed by atoms with van der Waals surface area (Å²) in [7, 11) is 0. The molecule has 3 aromatic rings. The summed E-state index contributed by atoms with van der Waals surface area (Å²) < 4.78 is 5.91. The average Bonchev–Trinajstić information content (AvgIpc) is 3.16. The van der Waals surface area contributed by atoms with Crippen LogP contribution in [-0.2, 0) is 12.8 Å². The Morgan fingerprint density at radius 2 is 1.87 bits per heavy atom. The van der Waals surface area contributed by atoms with E-state index in [1.807, 2.05) is 37.3 Å². The van der Waals surface area contributed by atoms with Crippen LogP contribution in [0.4, 0.5) is 0 Å². The highest BCUT2D eigenvalue weighted by Crippen LogP contribution is 2.29. The van der Waals surface area contributed by atoms with Crippen LogP contribution in [0.1, 0.15) is 56.3 Å². The highest BCUT2D eigenvalue weighted by molar-refractivity contribution is 6.07. The number of carbonyl (C=O) groups excluding carboxylic acids is 2. The topological polar surface area (TPSA) is 96.6 Å². The van der Waals surface area contributed by atoms with Gasteiger partial charge in [0.25, 0.3) is 11.8 Å². The van der Waals surface area contributed by atoms with Gasteiger partial charge in [-0.25, -0.2) is 5.43 Å². The Kier molecular flexibility index (Phi) is 6.21. The third kappa shape index (κ3) is 4.71. The first-order valence-corrected chi connectivity index (χ1v) is 10.4. The molecule has 1 aliphatic carbocycles. The van der Waals surface area contributed by atoms with Gasteiger partial charge in [-0.15, -0.1) is 0 Å². The lowest BCUT2D eigenvalue weighted by Crippen LogP contribution is -2.26. The van der Waals surface area contributed by atoms with Crippen molar-refractivity contribution >= 4 is 17.5 Å². The number of hydrazone groups is 1. The Morgan fingerprint density at radius 3 is 2.65 bits per heavy atom. The molecule has 0 spiro atoms. The summed E-state index contributed by atoms with van der Waals surface area (Å²) in [5.74, 6) is 0.437. The first kappa shape index (κ1) is 20.5. The molecule has 7 nitrogen and oxygen atoms in total. The molecule has 0 bridgehead atoms. The zero-order valence-corrected chi connectivity index (χ0v) is 17.4. The van der Waals surface area contributed by atoms with Gasteiger partial charge in [0.1, 0.15) is 11.5 Å². The first-order chi connectivity index (χ1) is 15.1. The molecule has 4 rings (SSSR count). The van der Waals surface area contributed by atoms with E-state index >= 15 is 0 Å². The summed E-state index contributed by atoms with van der Waals surface area (Å²) in [5.41, 5.74) is 6.32. The van der Waals surface area contributed by atoms with Crippen molar-refractivity contribution in [3.05, 3.63) is 88.6 Å². The number of fused-ring (bicyclic) bond motifs is 1. The van der Waals surface area contributed by atoms with Crippen molar-refractivity contribution in [2.45, 2.75) is 32.6 Å². The Morgan fingerprint density at radius 1 is 1.06 bits per heavy atom. The average molecular weight is 416 g/mol. The van der Waals surface area contributed by atoms with Crippen LogP contribution in [0.5, 0.6) is 0 Å². The zero-order chi connectivity index (χ0) is 21.6. The van der Waals surface area contributed by atoms with E-state index in [9.17, 15) is 9.59 Å². The fourth-order valence-electron chi connectivity index (χ4n) is 3.71. The van der Waals surface area contributed by atoms with Crippen LogP contribution in [0.25, 0.3) is 0 Å². The molecule has 0 saturated carbocycles. The zero-order valence-electron chi connectivity index (χ0n) is 17.4. The third-order valence-electron chi connectivity index (χ3n) is 5.26. The molecule has 31 heavy (non-hydrogen) atoms. The molecule has 2 N–H and O–H groups in total. The van der Waals surface area contributed by atoms with Crippen molar-refractivity contribution in [3.8, 4) is 0 Å². The van der Waals surface area contributed by atoms with Gasteiger partial charge in [0.05, 0.1) is 5.71 Å². The minimum Gasteiger partial charge on any atom is -0.455 e. The summed E-state index contributed by atoms with van der Waals surface area (Å²) in [6, 6.07) is 15.1. The molecule has 0 fully saturated rings. The normalized spacial score (nSPS) is 14.2. The highest BCUT2D eigenvalue weighted by Gasteiger charge is 2.28. The van der Waals surface area contributed by atoms with E-state index in [1.54, 1.807) is 24.4 Å². The highest BCUT2D eigenvalue weighted by atomic mass is 16.4. The molecule has 0 unspecified atom stereocenters. The number of hydrogen-bond donors (Lipinski definition) is 2. The molecule has 2 aromatic heterocycles. The molecule has 0 radical (unpaired) electrons. The van der Waals surface area contributed by atoms with Crippen molar-refractivity contribution in [2.75, 3.05) is 6.54 Å². The van der Waals surface area contributed by atoms with Gasteiger partial charge in [0.15, 0.2) is 5.76 Å². The molecule has 7 heteroatoms. The van der Waals surface area contributed by atoms with Gasteiger partial charge in [0, 0.05) is 30.3 Å². The van der Waals surface area contributed by atoms with Crippen molar-refractivity contribution in [2.24, 2.45) is 5.10 Å². The molecule has 2 amide bonds. The molecule has 0 aliphatic heterocycles. The van der Waals surface area contributed by atoms with Gasteiger partial charge in [0.2, 0.25) is 0 Å². The molecule has 0 saturated heterocycles. The van der Waals surface area contributed by atoms with Gasteiger partial charge in [-0.1, -0.05) is 36.4 Å². The van der Waals surface area contributed by atoms with E-state index in [0.29, 0.717) is 24.4 Å². The maximum Gasteiger partial charge on any atom is 0.289 e. The number of benzene rings is 1. The second-order valence-electron chi connectivity index (χ2n) is 7.41. The van der Waals surface area contributed by atoms with Crippen LogP contribution in [0.15, 0.2) is 64.2 Å². The summed E-state index contributed by atoms with van der Waals surface area (Å²) in [5, 5.41) is 7.25. The third-order valence-corrected chi connectivity index (χ3v) is 5.26. The number of carbonyl (C=O) groups is 2. The van der Waals surface area contributed by atoms with Crippen molar-refractivity contribution in [1.82, 2.24) is 15.7 Å². The maximum absolute atomic E-state index is 12.7. The number of furan rings is 1. The Balaban J connectivity index is 1.46. The van der Waals surface area contributed by atoms with Gasteiger partial charge in [-0.05, 0) is 43.9 Å². The van der Waals surface area contributed by atoms with E-state index in [1.165, 1.54) is 0 Å². The van der Waals surface area contributed by atoms with Gasteiger partial charge in [-0.2, -0.15) is 5.10 Å². The molecule has 0 atom stereocenters. The van der Waals surface area contributed by atoms with E-state index in [0.717, 1.165) is 47.4 Å². The van der Waals surface area contributed by atoms with Crippen LogP contribution in [0.3, 0.4) is 0 Å². The van der Waals surface area contributed by atoms with Gasteiger partial charge in [-0.3, -0.25) is 14.6 Å². The fraction of sp³-hybridized carbons (Fsp3) is 0.250. The maximum atomic E-state index is 12.7. The van der Waals surface area contributed by atoms with Crippen LogP contribution in [0, 0.1) is 6.92 Å². The van der Waals surface area contributed by atoms with E-state index in [-0.39, 0.29) is 11.8 Å². The largest absolute Gasteiger partial charge is 0.455 e. The fourth-order valence-corrected chi connectivity index (χ4v) is 3.71. The first-order valence-electron chi connectivity index (χ1n) is 10.4. The minimum atomic E-state index is -0.375. The smallest absolute Gasteiger partial charge is 0.289 e. The number of amides is 2. The second kappa shape index (κ2) is 9.38. The minimum absolute atomic E-state index is 0.236. The molecular weight excluding hydrogens is 392 g/mol. The van der Waals surface area contributed by atoms with Crippen LogP contribution in [-0.4, -0.2) is 29.1 Å². The van der Waals surface area contributed by atoms with Crippen molar-refractivity contribution in [3.63, 3.8) is 0 Å². The Labute approximate surface area is 180 Å². The lowest BCUT2D eigenvalue weighted by molar-refractivity contribution is 0.0922. The molecule has 1 aliphatic rings. The van der Waals surface area contributed by atoms with E-state index in [2.05, 4.69) is 20.8 Å². The number of aromatic nitrogens is 1. The molecule has 1 aromatic carbocycles. The van der Waals surface area contributed by atoms with Crippen molar-refractivity contribution < 1.29 is 14.0 Å². The number of aryl methyl sites for hydroxylation is 1. The number of nitrogens with zero attached hydrogens (tertiary/aromatic N) is 2. The van der Waals surface area contributed by atoms with E-state index in [4.69, 9.17) is 4.42 Å². The van der Waals surface area contributed by atoms with Crippen LogP contribution < -0.4 is 10.7 Å². The summed E-state index contributed by atoms with van der Waals surface area (Å²) in [6.45, 7) is 2.38. The number of pyridine rings is 1. The molecule has 2 heterocycles. The van der Waals surface area contributed by atoms with Gasteiger partial charge < -0.3 is 9.73 Å². The Bertz CT molecular complexity index is 1100. The second-order valence-corrected chi connectivity index (χ2v) is 7.41. The van der Waals surface area contributed by atoms with Gasteiger partial charge >= 0.3 is 0 Å². The lowest BCUT2D eigenvalue weighted by Gasteiger charge is -2.13. The SMILES string of the molecule is Cc1c(C(=O)NCCc2ccccc2)oc2c1/C(=N/NC(=O)c1ccccn1)CCC2. The predicted molar refractivity (Wildman–Crippen MR) is 117 cm³/mol. The molecular formula is C24H24N4O3. The monoisotopic (exact) mass is 416 g/mol. The number of rotatable bonds is 6. The van der Waals surface area contributed by atoms with Crippen LogP contribution in [0.2, 0.25) is 0 Å².